The SMILES string of the molecule is CCCC1CCCN(CC(C)CCCN)CC1. The Hall–Kier alpha value is -0.0800. The molecule has 1 saturated heterocycles. The Morgan fingerprint density at radius 1 is 1.29 bits per heavy atom. The molecule has 1 rings (SSSR count). The van der Waals surface area contributed by atoms with E-state index >= 15 is 0 Å². The van der Waals surface area contributed by atoms with Crippen LogP contribution in [0.5, 0.6) is 0 Å². The Balaban J connectivity index is 2.21. The van der Waals surface area contributed by atoms with E-state index in [9.17, 15) is 0 Å². The zero-order valence-electron chi connectivity index (χ0n) is 12.0. The van der Waals surface area contributed by atoms with Crippen LogP contribution in [0.3, 0.4) is 0 Å². The number of nitrogens with zero attached hydrogens (tertiary/aromatic N) is 1. The number of nitrogens with two attached hydrogens (primary N) is 1. The molecule has 0 spiro atoms. The van der Waals surface area contributed by atoms with Gasteiger partial charge in [0.2, 0.25) is 0 Å². The van der Waals surface area contributed by atoms with Gasteiger partial charge in [0.1, 0.15) is 0 Å². The quantitative estimate of drug-likeness (QED) is 0.740. The van der Waals surface area contributed by atoms with Gasteiger partial charge in [-0.15, -0.1) is 0 Å². The number of hydrogen-bond acceptors (Lipinski definition) is 2. The highest BCUT2D eigenvalue weighted by Gasteiger charge is 2.17. The van der Waals surface area contributed by atoms with Crippen LogP contribution in [0.25, 0.3) is 0 Å². The van der Waals surface area contributed by atoms with Crippen LogP contribution in [0.2, 0.25) is 0 Å². The van der Waals surface area contributed by atoms with E-state index in [1.54, 1.807) is 0 Å². The first kappa shape index (κ1) is 15.0. The van der Waals surface area contributed by atoms with Crippen molar-refractivity contribution in [1.29, 1.82) is 0 Å². The van der Waals surface area contributed by atoms with Crippen molar-refractivity contribution in [2.75, 3.05) is 26.2 Å². The molecule has 2 nitrogen and oxygen atoms in total. The third-order valence-corrected chi connectivity index (χ3v) is 4.11. The van der Waals surface area contributed by atoms with Crippen LogP contribution in [-0.2, 0) is 0 Å². The fourth-order valence-corrected chi connectivity index (χ4v) is 3.10. The lowest BCUT2D eigenvalue weighted by atomic mass is 9.96. The van der Waals surface area contributed by atoms with E-state index in [0.717, 1.165) is 18.4 Å². The molecule has 0 amide bonds. The molecule has 0 aromatic rings. The van der Waals surface area contributed by atoms with E-state index in [1.165, 1.54) is 64.6 Å². The first-order valence-electron chi connectivity index (χ1n) is 7.68. The van der Waals surface area contributed by atoms with Gasteiger partial charge in [0, 0.05) is 6.54 Å². The van der Waals surface area contributed by atoms with Crippen LogP contribution in [0.1, 0.15) is 58.8 Å². The van der Waals surface area contributed by atoms with E-state index < -0.39 is 0 Å². The van der Waals surface area contributed by atoms with Gasteiger partial charge < -0.3 is 10.6 Å². The summed E-state index contributed by atoms with van der Waals surface area (Å²) in [4.78, 5) is 2.69. The molecule has 2 atom stereocenters. The standard InChI is InChI=1S/C15H32N2/c1-3-6-15-8-5-11-17(12-9-15)13-14(2)7-4-10-16/h14-15H,3-13,16H2,1-2H3. The molecule has 1 fully saturated rings. The molecule has 0 aromatic heterocycles. The molecule has 1 heterocycles. The molecular weight excluding hydrogens is 208 g/mol. The summed E-state index contributed by atoms with van der Waals surface area (Å²) in [5.74, 6) is 1.82. The van der Waals surface area contributed by atoms with Crippen molar-refractivity contribution in [2.45, 2.75) is 58.8 Å². The van der Waals surface area contributed by atoms with Crippen molar-refractivity contribution >= 4 is 0 Å². The second kappa shape index (κ2) is 8.93. The van der Waals surface area contributed by atoms with E-state index in [-0.39, 0.29) is 0 Å². The molecule has 102 valence electrons. The number of hydrogen-bond donors (Lipinski definition) is 1. The monoisotopic (exact) mass is 240 g/mol. The Morgan fingerprint density at radius 3 is 2.82 bits per heavy atom. The first-order valence-corrected chi connectivity index (χ1v) is 7.68. The smallest absolute Gasteiger partial charge is 0.000703 e. The van der Waals surface area contributed by atoms with Crippen molar-refractivity contribution in [3.8, 4) is 0 Å². The fourth-order valence-electron chi connectivity index (χ4n) is 3.10. The van der Waals surface area contributed by atoms with Gasteiger partial charge in [-0.2, -0.15) is 0 Å². The second-order valence-corrected chi connectivity index (χ2v) is 5.92. The average molecular weight is 240 g/mol. The predicted molar refractivity (Wildman–Crippen MR) is 76.1 cm³/mol. The van der Waals surface area contributed by atoms with Gasteiger partial charge >= 0.3 is 0 Å². The molecule has 0 aromatic carbocycles. The number of rotatable bonds is 7. The summed E-state index contributed by atoms with van der Waals surface area (Å²) in [7, 11) is 0. The predicted octanol–water partition coefficient (Wildman–Crippen LogP) is 3.26. The van der Waals surface area contributed by atoms with Crippen molar-refractivity contribution in [1.82, 2.24) is 4.90 Å². The summed E-state index contributed by atoms with van der Waals surface area (Å²) in [6.45, 7) is 9.49. The van der Waals surface area contributed by atoms with Gasteiger partial charge in [0.05, 0.1) is 0 Å². The van der Waals surface area contributed by atoms with Gasteiger partial charge in [0.25, 0.3) is 0 Å². The maximum Gasteiger partial charge on any atom is 0.000703 e. The fraction of sp³-hybridized carbons (Fsp3) is 1.00. The van der Waals surface area contributed by atoms with Gasteiger partial charge in [-0.1, -0.05) is 26.7 Å². The molecule has 1 aliphatic heterocycles. The van der Waals surface area contributed by atoms with Gasteiger partial charge in [0.15, 0.2) is 0 Å². The van der Waals surface area contributed by atoms with Crippen molar-refractivity contribution < 1.29 is 0 Å². The molecule has 1 aliphatic rings. The van der Waals surface area contributed by atoms with E-state index in [2.05, 4.69) is 18.7 Å². The minimum atomic E-state index is 0.821. The van der Waals surface area contributed by atoms with Crippen molar-refractivity contribution in [3.63, 3.8) is 0 Å². The Labute approximate surface area is 108 Å². The largest absolute Gasteiger partial charge is 0.330 e. The summed E-state index contributed by atoms with van der Waals surface area (Å²) < 4.78 is 0. The van der Waals surface area contributed by atoms with Gasteiger partial charge in [-0.05, 0) is 63.6 Å². The molecule has 17 heavy (non-hydrogen) atoms. The normalized spacial score (nSPS) is 24.5. The maximum absolute atomic E-state index is 5.57. The third-order valence-electron chi connectivity index (χ3n) is 4.11. The lowest BCUT2D eigenvalue weighted by Gasteiger charge is -2.24. The molecule has 2 unspecified atom stereocenters. The van der Waals surface area contributed by atoms with Crippen LogP contribution in [0.4, 0.5) is 0 Å². The molecule has 2 heteroatoms. The Bertz CT molecular complexity index is 182. The molecule has 2 N–H and O–H groups in total. The summed E-state index contributed by atoms with van der Waals surface area (Å²) in [5.41, 5.74) is 5.57. The molecule has 0 saturated carbocycles. The van der Waals surface area contributed by atoms with Gasteiger partial charge in [-0.3, -0.25) is 0 Å². The third kappa shape index (κ3) is 6.42. The minimum absolute atomic E-state index is 0.821. The zero-order valence-corrected chi connectivity index (χ0v) is 12.0. The second-order valence-electron chi connectivity index (χ2n) is 5.92. The molecule has 0 radical (unpaired) electrons. The van der Waals surface area contributed by atoms with Crippen LogP contribution in [0, 0.1) is 11.8 Å². The minimum Gasteiger partial charge on any atom is -0.330 e. The lowest BCUT2D eigenvalue weighted by molar-refractivity contribution is 0.235. The lowest BCUT2D eigenvalue weighted by Crippen LogP contribution is -2.30. The van der Waals surface area contributed by atoms with Crippen molar-refractivity contribution in [2.24, 2.45) is 17.6 Å². The average Bonchev–Trinajstić information content (AvgIpc) is 2.53. The van der Waals surface area contributed by atoms with Crippen LogP contribution in [0.15, 0.2) is 0 Å². The highest BCUT2D eigenvalue weighted by molar-refractivity contribution is 4.71. The zero-order chi connectivity index (χ0) is 12.5. The van der Waals surface area contributed by atoms with Crippen LogP contribution < -0.4 is 5.73 Å². The van der Waals surface area contributed by atoms with E-state index in [0.29, 0.717) is 0 Å². The molecule has 0 bridgehead atoms. The van der Waals surface area contributed by atoms with Crippen LogP contribution >= 0.6 is 0 Å². The van der Waals surface area contributed by atoms with Crippen LogP contribution in [-0.4, -0.2) is 31.1 Å². The topological polar surface area (TPSA) is 29.3 Å². The summed E-state index contributed by atoms with van der Waals surface area (Å²) in [5, 5.41) is 0. The summed E-state index contributed by atoms with van der Waals surface area (Å²) in [6.07, 6.45) is 9.58. The summed E-state index contributed by atoms with van der Waals surface area (Å²) in [6, 6.07) is 0. The Morgan fingerprint density at radius 2 is 2.12 bits per heavy atom. The van der Waals surface area contributed by atoms with Gasteiger partial charge in [-0.25, -0.2) is 0 Å². The molecule has 0 aliphatic carbocycles. The highest BCUT2D eigenvalue weighted by Crippen LogP contribution is 2.22. The van der Waals surface area contributed by atoms with E-state index in [4.69, 9.17) is 5.73 Å². The number of likely N-dealkylation sites (tertiary alicyclic amines) is 1. The van der Waals surface area contributed by atoms with E-state index in [1.807, 2.05) is 0 Å². The first-order chi connectivity index (χ1) is 8.26. The highest BCUT2D eigenvalue weighted by atomic mass is 15.1. The molecular formula is C15H32N2. The van der Waals surface area contributed by atoms with Crippen molar-refractivity contribution in [3.05, 3.63) is 0 Å². The maximum atomic E-state index is 5.57. The summed E-state index contributed by atoms with van der Waals surface area (Å²) >= 11 is 0. The Kier molecular flexibility index (Phi) is 7.87.